The zero-order chi connectivity index (χ0) is 14.5. The van der Waals surface area contributed by atoms with E-state index in [-0.39, 0.29) is 18.3 Å². The van der Waals surface area contributed by atoms with E-state index in [4.69, 9.17) is 11.6 Å². The SMILES string of the molecule is CNCCNC(=O)c1cn(-c2ccc(Cl)cc2)nc1C.Cl. The lowest BCUT2D eigenvalue weighted by Crippen LogP contribution is -2.30. The first-order valence-electron chi connectivity index (χ1n) is 6.37. The van der Waals surface area contributed by atoms with Crippen molar-refractivity contribution in [3.63, 3.8) is 0 Å². The molecular formula is C14H18Cl2N4O. The number of hydrogen-bond acceptors (Lipinski definition) is 3. The number of halogens is 2. The average Bonchev–Trinajstić information content (AvgIpc) is 2.82. The Morgan fingerprint density at radius 1 is 1.29 bits per heavy atom. The Hall–Kier alpha value is -1.56. The lowest BCUT2D eigenvalue weighted by atomic mass is 10.2. The van der Waals surface area contributed by atoms with Crippen molar-refractivity contribution in [1.82, 2.24) is 20.4 Å². The molecule has 1 amide bonds. The standard InChI is InChI=1S/C14H17ClN4O.ClH/c1-10-13(14(20)17-8-7-16-2)9-19(18-10)12-5-3-11(15)4-6-12;/h3-6,9,16H,7-8H2,1-2H3,(H,17,20);1H. The number of aryl methyl sites for hydroxylation is 1. The monoisotopic (exact) mass is 328 g/mol. The number of carbonyl (C=O) groups excluding carboxylic acids is 1. The summed E-state index contributed by atoms with van der Waals surface area (Å²) in [5.41, 5.74) is 2.14. The summed E-state index contributed by atoms with van der Waals surface area (Å²) in [6.45, 7) is 3.14. The summed E-state index contributed by atoms with van der Waals surface area (Å²) in [7, 11) is 1.84. The highest BCUT2D eigenvalue weighted by molar-refractivity contribution is 6.30. The molecule has 1 aromatic heterocycles. The number of nitrogens with one attached hydrogen (secondary N) is 2. The van der Waals surface area contributed by atoms with E-state index in [2.05, 4.69) is 15.7 Å². The quantitative estimate of drug-likeness (QED) is 0.827. The third kappa shape index (κ3) is 4.46. The van der Waals surface area contributed by atoms with Gasteiger partial charge < -0.3 is 10.6 Å². The average molecular weight is 329 g/mol. The summed E-state index contributed by atoms with van der Waals surface area (Å²) < 4.78 is 1.68. The van der Waals surface area contributed by atoms with Crippen LogP contribution in [0, 0.1) is 6.92 Å². The van der Waals surface area contributed by atoms with Gasteiger partial charge in [0.25, 0.3) is 5.91 Å². The molecule has 2 rings (SSSR count). The van der Waals surface area contributed by atoms with Gasteiger partial charge in [0, 0.05) is 24.3 Å². The van der Waals surface area contributed by atoms with Gasteiger partial charge in [0.05, 0.1) is 16.9 Å². The third-order valence-corrected chi connectivity index (χ3v) is 3.15. The second kappa shape index (κ2) is 8.02. The molecule has 2 aromatic rings. The van der Waals surface area contributed by atoms with Crippen LogP contribution in [-0.4, -0.2) is 35.8 Å². The Bertz CT molecular complexity index is 596. The largest absolute Gasteiger partial charge is 0.351 e. The first-order chi connectivity index (χ1) is 9.61. The van der Waals surface area contributed by atoms with Crippen molar-refractivity contribution in [2.24, 2.45) is 0 Å². The molecule has 0 radical (unpaired) electrons. The van der Waals surface area contributed by atoms with E-state index in [9.17, 15) is 4.79 Å². The fraction of sp³-hybridized carbons (Fsp3) is 0.286. The van der Waals surface area contributed by atoms with E-state index in [0.29, 0.717) is 22.8 Å². The minimum atomic E-state index is -0.113. The Labute approximate surface area is 135 Å². The minimum Gasteiger partial charge on any atom is -0.351 e. The number of likely N-dealkylation sites (N-methyl/N-ethyl adjacent to an activating group) is 1. The molecule has 0 saturated carbocycles. The molecule has 0 unspecified atom stereocenters. The molecule has 1 aromatic carbocycles. The maximum Gasteiger partial charge on any atom is 0.254 e. The number of rotatable bonds is 5. The molecule has 7 heteroatoms. The molecule has 0 aliphatic carbocycles. The molecule has 0 atom stereocenters. The lowest BCUT2D eigenvalue weighted by Gasteiger charge is -2.03. The maximum atomic E-state index is 12.0. The first kappa shape index (κ1) is 17.5. The second-order valence-corrected chi connectivity index (χ2v) is 4.85. The van der Waals surface area contributed by atoms with Crippen molar-refractivity contribution < 1.29 is 4.79 Å². The molecular weight excluding hydrogens is 311 g/mol. The summed E-state index contributed by atoms with van der Waals surface area (Å²) in [5.74, 6) is -0.113. The Morgan fingerprint density at radius 3 is 2.57 bits per heavy atom. The first-order valence-corrected chi connectivity index (χ1v) is 6.74. The summed E-state index contributed by atoms with van der Waals surface area (Å²) in [4.78, 5) is 12.0. The van der Waals surface area contributed by atoms with Crippen LogP contribution in [0.1, 0.15) is 16.1 Å². The van der Waals surface area contributed by atoms with Crippen molar-refractivity contribution in [2.45, 2.75) is 6.92 Å². The van der Waals surface area contributed by atoms with Crippen molar-refractivity contribution in [2.75, 3.05) is 20.1 Å². The van der Waals surface area contributed by atoms with E-state index in [1.807, 2.05) is 26.1 Å². The highest BCUT2D eigenvalue weighted by Gasteiger charge is 2.13. The molecule has 5 nitrogen and oxygen atoms in total. The number of hydrogen-bond donors (Lipinski definition) is 2. The van der Waals surface area contributed by atoms with Crippen LogP contribution in [0.3, 0.4) is 0 Å². The van der Waals surface area contributed by atoms with Gasteiger partial charge in [-0.15, -0.1) is 12.4 Å². The predicted molar refractivity (Wildman–Crippen MR) is 86.8 cm³/mol. The molecule has 0 fully saturated rings. The predicted octanol–water partition coefficient (Wildman–Crippen LogP) is 2.21. The van der Waals surface area contributed by atoms with Crippen LogP contribution in [-0.2, 0) is 0 Å². The van der Waals surface area contributed by atoms with E-state index in [1.54, 1.807) is 23.0 Å². The molecule has 0 spiro atoms. The normalized spacial score (nSPS) is 10.0. The Kier molecular flexibility index (Phi) is 6.68. The second-order valence-electron chi connectivity index (χ2n) is 4.41. The van der Waals surface area contributed by atoms with Crippen LogP contribution in [0.15, 0.2) is 30.5 Å². The van der Waals surface area contributed by atoms with E-state index >= 15 is 0 Å². The zero-order valence-electron chi connectivity index (χ0n) is 11.9. The number of aromatic nitrogens is 2. The Morgan fingerprint density at radius 2 is 1.95 bits per heavy atom. The van der Waals surface area contributed by atoms with Crippen LogP contribution in [0.2, 0.25) is 5.02 Å². The zero-order valence-corrected chi connectivity index (χ0v) is 13.5. The van der Waals surface area contributed by atoms with Gasteiger partial charge in [0.1, 0.15) is 0 Å². The van der Waals surface area contributed by atoms with Gasteiger partial charge in [-0.3, -0.25) is 4.79 Å². The van der Waals surface area contributed by atoms with Gasteiger partial charge in [-0.05, 0) is 38.2 Å². The van der Waals surface area contributed by atoms with E-state index in [0.717, 1.165) is 12.2 Å². The molecule has 21 heavy (non-hydrogen) atoms. The van der Waals surface area contributed by atoms with E-state index in [1.165, 1.54) is 0 Å². The van der Waals surface area contributed by atoms with Crippen LogP contribution in [0.5, 0.6) is 0 Å². The summed E-state index contributed by atoms with van der Waals surface area (Å²) in [5, 5.41) is 10.8. The molecule has 0 saturated heterocycles. The fourth-order valence-corrected chi connectivity index (χ4v) is 1.93. The summed E-state index contributed by atoms with van der Waals surface area (Å²) in [6, 6.07) is 7.30. The highest BCUT2D eigenvalue weighted by atomic mass is 35.5. The molecule has 0 aliphatic rings. The van der Waals surface area contributed by atoms with Crippen LogP contribution < -0.4 is 10.6 Å². The van der Waals surface area contributed by atoms with Crippen LogP contribution in [0.4, 0.5) is 0 Å². The van der Waals surface area contributed by atoms with Gasteiger partial charge in [0.2, 0.25) is 0 Å². The van der Waals surface area contributed by atoms with Crippen molar-refractivity contribution in [3.8, 4) is 5.69 Å². The molecule has 0 bridgehead atoms. The molecule has 2 N–H and O–H groups in total. The fourth-order valence-electron chi connectivity index (χ4n) is 1.81. The number of benzene rings is 1. The minimum absolute atomic E-state index is 0. The van der Waals surface area contributed by atoms with E-state index < -0.39 is 0 Å². The number of nitrogens with zero attached hydrogens (tertiary/aromatic N) is 2. The van der Waals surface area contributed by atoms with Gasteiger partial charge in [-0.1, -0.05) is 11.6 Å². The van der Waals surface area contributed by atoms with Gasteiger partial charge in [-0.2, -0.15) is 5.10 Å². The topological polar surface area (TPSA) is 58.9 Å². The van der Waals surface area contributed by atoms with Gasteiger partial charge in [0.15, 0.2) is 0 Å². The molecule has 114 valence electrons. The highest BCUT2D eigenvalue weighted by Crippen LogP contribution is 2.15. The van der Waals surface area contributed by atoms with Crippen LogP contribution in [0.25, 0.3) is 5.69 Å². The Balaban J connectivity index is 0.00000220. The smallest absolute Gasteiger partial charge is 0.254 e. The van der Waals surface area contributed by atoms with Crippen molar-refractivity contribution in [3.05, 3.63) is 46.7 Å². The van der Waals surface area contributed by atoms with Crippen molar-refractivity contribution >= 4 is 29.9 Å². The number of amides is 1. The third-order valence-electron chi connectivity index (χ3n) is 2.90. The van der Waals surface area contributed by atoms with Gasteiger partial charge >= 0.3 is 0 Å². The lowest BCUT2D eigenvalue weighted by molar-refractivity contribution is 0.0953. The molecule has 1 heterocycles. The van der Waals surface area contributed by atoms with Crippen molar-refractivity contribution in [1.29, 1.82) is 0 Å². The maximum absolute atomic E-state index is 12.0. The number of carbonyl (C=O) groups is 1. The summed E-state index contributed by atoms with van der Waals surface area (Å²) >= 11 is 5.86. The molecule has 0 aliphatic heterocycles. The van der Waals surface area contributed by atoms with Crippen LogP contribution >= 0.6 is 24.0 Å². The summed E-state index contributed by atoms with van der Waals surface area (Å²) in [6.07, 6.45) is 1.73. The van der Waals surface area contributed by atoms with Gasteiger partial charge in [-0.25, -0.2) is 4.68 Å².